The summed E-state index contributed by atoms with van der Waals surface area (Å²) in [7, 11) is 0. The molecule has 8 nitrogen and oxygen atoms in total. The Morgan fingerprint density at radius 1 is 1.10 bits per heavy atom. The van der Waals surface area contributed by atoms with E-state index < -0.39 is 16.8 Å². The molecule has 152 valence electrons. The van der Waals surface area contributed by atoms with Crippen molar-refractivity contribution in [2.24, 2.45) is 0 Å². The van der Waals surface area contributed by atoms with Gasteiger partial charge in [-0.2, -0.15) is 0 Å². The molecular weight excluding hydrogens is 374 g/mol. The standard InChI is InChI=1S/C21H23N3O5/c1-2-29-21(26)17-11-16(12-19(13-17)24(27)28)20(25)22-14-15-5-7-18(8-6-15)23-9-3-4-10-23/h5-8,11-13H,2-4,9-10,14H2,1H3,(H,22,25). The highest BCUT2D eigenvalue weighted by Gasteiger charge is 2.19. The fourth-order valence-electron chi connectivity index (χ4n) is 3.26. The third-order valence-corrected chi connectivity index (χ3v) is 4.76. The van der Waals surface area contributed by atoms with Crippen molar-refractivity contribution >= 4 is 23.3 Å². The van der Waals surface area contributed by atoms with Gasteiger partial charge in [0.1, 0.15) is 0 Å². The van der Waals surface area contributed by atoms with Crippen LogP contribution in [-0.4, -0.2) is 36.5 Å². The van der Waals surface area contributed by atoms with Gasteiger partial charge in [0.2, 0.25) is 0 Å². The molecule has 0 aliphatic carbocycles. The number of esters is 1. The summed E-state index contributed by atoms with van der Waals surface area (Å²) in [6.45, 7) is 4.17. The van der Waals surface area contributed by atoms with Crippen molar-refractivity contribution in [1.29, 1.82) is 0 Å². The second kappa shape index (κ2) is 9.18. The van der Waals surface area contributed by atoms with Crippen LogP contribution < -0.4 is 10.2 Å². The molecule has 2 aromatic carbocycles. The number of nitrogens with one attached hydrogen (secondary N) is 1. The Morgan fingerprint density at radius 2 is 1.76 bits per heavy atom. The van der Waals surface area contributed by atoms with Crippen molar-refractivity contribution in [2.75, 3.05) is 24.6 Å². The quantitative estimate of drug-likeness (QED) is 0.437. The normalized spacial score (nSPS) is 13.2. The first kappa shape index (κ1) is 20.3. The number of nitrogens with zero attached hydrogens (tertiary/aromatic N) is 2. The van der Waals surface area contributed by atoms with E-state index in [0.717, 1.165) is 36.5 Å². The molecule has 29 heavy (non-hydrogen) atoms. The number of nitro benzene ring substituents is 1. The fourth-order valence-corrected chi connectivity index (χ4v) is 3.26. The third-order valence-electron chi connectivity index (χ3n) is 4.76. The van der Waals surface area contributed by atoms with E-state index in [9.17, 15) is 19.7 Å². The van der Waals surface area contributed by atoms with Gasteiger partial charge in [-0.25, -0.2) is 4.79 Å². The van der Waals surface area contributed by atoms with E-state index in [4.69, 9.17) is 4.74 Å². The number of carbonyl (C=O) groups excluding carboxylic acids is 2. The lowest BCUT2D eigenvalue weighted by Crippen LogP contribution is -2.23. The SMILES string of the molecule is CCOC(=O)c1cc(C(=O)NCc2ccc(N3CCCC3)cc2)cc([N+](=O)[O-])c1. The number of benzene rings is 2. The Balaban J connectivity index is 1.69. The molecule has 1 aliphatic rings. The predicted octanol–water partition coefficient (Wildman–Crippen LogP) is 3.30. The summed E-state index contributed by atoms with van der Waals surface area (Å²) in [4.78, 5) is 37.3. The van der Waals surface area contributed by atoms with Crippen LogP contribution in [0.3, 0.4) is 0 Å². The molecule has 0 radical (unpaired) electrons. The van der Waals surface area contributed by atoms with Crippen LogP contribution in [0.5, 0.6) is 0 Å². The molecule has 8 heteroatoms. The molecule has 2 aromatic rings. The topological polar surface area (TPSA) is 102 Å². The maximum atomic E-state index is 12.5. The van der Waals surface area contributed by atoms with Gasteiger partial charge in [-0.05, 0) is 43.5 Å². The zero-order valence-corrected chi connectivity index (χ0v) is 16.2. The summed E-state index contributed by atoms with van der Waals surface area (Å²) in [6.07, 6.45) is 2.41. The highest BCUT2D eigenvalue weighted by Crippen LogP contribution is 2.21. The lowest BCUT2D eigenvalue weighted by molar-refractivity contribution is -0.384. The van der Waals surface area contributed by atoms with Crippen molar-refractivity contribution < 1.29 is 19.2 Å². The van der Waals surface area contributed by atoms with Gasteiger partial charge in [-0.1, -0.05) is 12.1 Å². The highest BCUT2D eigenvalue weighted by atomic mass is 16.6. The van der Waals surface area contributed by atoms with Crippen LogP contribution in [0.15, 0.2) is 42.5 Å². The second-order valence-electron chi connectivity index (χ2n) is 6.79. The van der Waals surface area contributed by atoms with Gasteiger partial charge < -0.3 is 15.0 Å². The van der Waals surface area contributed by atoms with Gasteiger partial charge in [-0.3, -0.25) is 14.9 Å². The Labute approximate surface area is 168 Å². The second-order valence-corrected chi connectivity index (χ2v) is 6.79. The van der Waals surface area contributed by atoms with Gasteiger partial charge in [0, 0.05) is 43.0 Å². The minimum atomic E-state index is -0.706. The van der Waals surface area contributed by atoms with Crippen molar-refractivity contribution in [3.8, 4) is 0 Å². The summed E-state index contributed by atoms with van der Waals surface area (Å²) in [5, 5.41) is 13.9. The molecule has 1 aliphatic heterocycles. The van der Waals surface area contributed by atoms with Gasteiger partial charge in [0.05, 0.1) is 17.1 Å². The average molecular weight is 397 g/mol. The highest BCUT2D eigenvalue weighted by molar-refractivity contribution is 5.99. The Bertz CT molecular complexity index is 905. The summed E-state index contributed by atoms with van der Waals surface area (Å²) < 4.78 is 4.88. The fraction of sp³-hybridized carbons (Fsp3) is 0.333. The number of ether oxygens (including phenoxy) is 1. The summed E-state index contributed by atoms with van der Waals surface area (Å²) >= 11 is 0. The van der Waals surface area contributed by atoms with Gasteiger partial charge >= 0.3 is 5.97 Å². The van der Waals surface area contributed by atoms with Crippen LogP contribution in [0.25, 0.3) is 0 Å². The number of hydrogen-bond donors (Lipinski definition) is 1. The molecule has 1 heterocycles. The van der Waals surface area contributed by atoms with Crippen LogP contribution in [0, 0.1) is 10.1 Å². The molecule has 0 atom stereocenters. The first-order chi connectivity index (χ1) is 14.0. The van der Waals surface area contributed by atoms with Crippen LogP contribution >= 0.6 is 0 Å². The number of rotatable bonds is 7. The molecule has 1 N–H and O–H groups in total. The van der Waals surface area contributed by atoms with E-state index in [-0.39, 0.29) is 30.0 Å². The van der Waals surface area contributed by atoms with E-state index in [1.54, 1.807) is 6.92 Å². The van der Waals surface area contributed by atoms with E-state index in [1.165, 1.54) is 18.9 Å². The monoisotopic (exact) mass is 397 g/mol. The van der Waals surface area contributed by atoms with Crippen molar-refractivity contribution in [3.63, 3.8) is 0 Å². The zero-order chi connectivity index (χ0) is 20.8. The number of nitro groups is 1. The molecule has 0 saturated carbocycles. The molecule has 1 fully saturated rings. The number of hydrogen-bond acceptors (Lipinski definition) is 6. The first-order valence-corrected chi connectivity index (χ1v) is 9.56. The number of amides is 1. The largest absolute Gasteiger partial charge is 0.462 e. The Kier molecular flexibility index (Phi) is 6.43. The van der Waals surface area contributed by atoms with Crippen LogP contribution in [0.2, 0.25) is 0 Å². The van der Waals surface area contributed by atoms with Crippen molar-refractivity contribution in [2.45, 2.75) is 26.3 Å². The van der Waals surface area contributed by atoms with E-state index in [0.29, 0.717) is 0 Å². The zero-order valence-electron chi connectivity index (χ0n) is 16.2. The Hall–Kier alpha value is -3.42. The van der Waals surface area contributed by atoms with E-state index >= 15 is 0 Å². The maximum absolute atomic E-state index is 12.5. The maximum Gasteiger partial charge on any atom is 0.338 e. The van der Waals surface area contributed by atoms with Gasteiger partial charge in [0.25, 0.3) is 11.6 Å². The van der Waals surface area contributed by atoms with E-state index in [1.807, 2.05) is 24.3 Å². The van der Waals surface area contributed by atoms with Crippen LogP contribution in [-0.2, 0) is 11.3 Å². The molecule has 3 rings (SSSR count). The van der Waals surface area contributed by atoms with Crippen LogP contribution in [0.1, 0.15) is 46.0 Å². The number of anilines is 1. The molecule has 1 saturated heterocycles. The Morgan fingerprint density at radius 3 is 2.38 bits per heavy atom. The number of carbonyl (C=O) groups is 2. The molecule has 1 amide bonds. The first-order valence-electron chi connectivity index (χ1n) is 9.56. The molecule has 0 spiro atoms. The molecular formula is C21H23N3O5. The minimum absolute atomic E-state index is 0.0267. The molecule has 0 aromatic heterocycles. The lowest BCUT2D eigenvalue weighted by Gasteiger charge is -2.17. The van der Waals surface area contributed by atoms with Crippen LogP contribution in [0.4, 0.5) is 11.4 Å². The van der Waals surface area contributed by atoms with Gasteiger partial charge in [-0.15, -0.1) is 0 Å². The van der Waals surface area contributed by atoms with Crippen molar-refractivity contribution in [3.05, 3.63) is 69.3 Å². The minimum Gasteiger partial charge on any atom is -0.462 e. The third kappa shape index (κ3) is 5.10. The van der Waals surface area contributed by atoms with E-state index in [2.05, 4.69) is 10.2 Å². The summed E-state index contributed by atoms with van der Waals surface area (Å²) in [5.74, 6) is -1.20. The predicted molar refractivity (Wildman–Crippen MR) is 108 cm³/mol. The van der Waals surface area contributed by atoms with Crippen molar-refractivity contribution in [1.82, 2.24) is 5.32 Å². The molecule has 0 bridgehead atoms. The summed E-state index contributed by atoms with van der Waals surface area (Å²) in [6, 6.07) is 11.5. The lowest BCUT2D eigenvalue weighted by atomic mass is 10.1. The average Bonchev–Trinajstić information content (AvgIpc) is 3.27. The van der Waals surface area contributed by atoms with Gasteiger partial charge in [0.15, 0.2) is 0 Å². The smallest absolute Gasteiger partial charge is 0.338 e. The summed E-state index contributed by atoms with van der Waals surface area (Å²) in [5.41, 5.74) is 1.75. The number of non-ortho nitro benzene ring substituents is 1. The molecule has 0 unspecified atom stereocenters.